The molecule has 0 saturated heterocycles. The van der Waals surface area contributed by atoms with E-state index < -0.39 is 0 Å². The van der Waals surface area contributed by atoms with Crippen LogP contribution in [-0.4, -0.2) is 12.5 Å². The summed E-state index contributed by atoms with van der Waals surface area (Å²) in [5.41, 5.74) is 5.49. The maximum absolute atomic E-state index is 11.5. The average Bonchev–Trinajstić information content (AvgIpc) is 2.69. The number of rotatable bonds is 6. The molecule has 1 aromatic heterocycles. The third-order valence-corrected chi connectivity index (χ3v) is 4.05. The fourth-order valence-corrected chi connectivity index (χ4v) is 2.61. The molecule has 0 radical (unpaired) electrons. The van der Waals surface area contributed by atoms with Gasteiger partial charge in [0.05, 0.1) is 6.54 Å². The van der Waals surface area contributed by atoms with Crippen LogP contribution in [0, 0.1) is 5.92 Å². The lowest BCUT2D eigenvalue weighted by atomic mass is 10.1. The molecule has 1 unspecified atom stereocenters. The van der Waals surface area contributed by atoms with E-state index >= 15 is 0 Å². The van der Waals surface area contributed by atoms with Crippen LogP contribution in [0.4, 0.5) is 0 Å². The van der Waals surface area contributed by atoms with Crippen LogP contribution in [0.1, 0.15) is 24.6 Å². The number of nitrogens with two attached hydrogens (primary N) is 1. The van der Waals surface area contributed by atoms with Crippen molar-refractivity contribution in [1.82, 2.24) is 5.32 Å². The number of carbonyl (C=O) groups is 1. The predicted molar refractivity (Wildman–Crippen MR) is 71.3 cm³/mol. The summed E-state index contributed by atoms with van der Waals surface area (Å²) >= 11 is 5.02. The minimum atomic E-state index is 0.102. The smallest absolute Gasteiger partial charge is 0.220 e. The predicted octanol–water partition coefficient (Wildman–Crippen LogP) is 2.50. The van der Waals surface area contributed by atoms with Crippen molar-refractivity contribution in [1.29, 1.82) is 0 Å². The standard InChI is InChI=1S/C11H17BrN2OS/c1-8(5-13)2-3-11(15)14-6-10-4-9(12)7-16-10/h4,7-8H,2-3,5-6,13H2,1H3,(H,14,15). The number of thiophene rings is 1. The lowest BCUT2D eigenvalue weighted by molar-refractivity contribution is -0.121. The minimum Gasteiger partial charge on any atom is -0.351 e. The summed E-state index contributed by atoms with van der Waals surface area (Å²) < 4.78 is 1.07. The molecule has 0 spiro atoms. The Bertz CT molecular complexity index is 340. The second kappa shape index (κ2) is 7.04. The molecule has 5 heteroatoms. The van der Waals surface area contributed by atoms with Gasteiger partial charge in [-0.15, -0.1) is 11.3 Å². The fraction of sp³-hybridized carbons (Fsp3) is 0.545. The molecule has 0 bridgehead atoms. The van der Waals surface area contributed by atoms with Gasteiger partial charge in [0.2, 0.25) is 5.91 Å². The van der Waals surface area contributed by atoms with Crippen molar-refractivity contribution >= 4 is 33.2 Å². The first kappa shape index (κ1) is 13.7. The first-order valence-corrected chi connectivity index (χ1v) is 6.98. The van der Waals surface area contributed by atoms with Gasteiger partial charge in [-0.25, -0.2) is 0 Å². The zero-order chi connectivity index (χ0) is 12.0. The fourth-order valence-electron chi connectivity index (χ4n) is 1.22. The van der Waals surface area contributed by atoms with Crippen molar-refractivity contribution < 1.29 is 4.79 Å². The van der Waals surface area contributed by atoms with Crippen molar-refractivity contribution in [3.8, 4) is 0 Å². The van der Waals surface area contributed by atoms with Gasteiger partial charge in [0.15, 0.2) is 0 Å². The molecule has 0 aliphatic heterocycles. The monoisotopic (exact) mass is 304 g/mol. The van der Waals surface area contributed by atoms with Crippen molar-refractivity contribution in [2.45, 2.75) is 26.3 Å². The van der Waals surface area contributed by atoms with Crippen LogP contribution in [0.2, 0.25) is 0 Å². The lowest BCUT2D eigenvalue weighted by Crippen LogP contribution is -2.23. The summed E-state index contributed by atoms with van der Waals surface area (Å²) in [6.07, 6.45) is 1.42. The van der Waals surface area contributed by atoms with Gasteiger partial charge in [-0.2, -0.15) is 0 Å². The average molecular weight is 305 g/mol. The van der Waals surface area contributed by atoms with Crippen LogP contribution >= 0.6 is 27.3 Å². The van der Waals surface area contributed by atoms with Crippen LogP contribution in [0.3, 0.4) is 0 Å². The summed E-state index contributed by atoms with van der Waals surface area (Å²) in [5.74, 6) is 0.520. The molecule has 90 valence electrons. The van der Waals surface area contributed by atoms with Crippen molar-refractivity contribution in [2.24, 2.45) is 11.7 Å². The van der Waals surface area contributed by atoms with E-state index in [4.69, 9.17) is 5.73 Å². The second-order valence-corrected chi connectivity index (χ2v) is 5.80. The molecule has 0 aromatic carbocycles. The van der Waals surface area contributed by atoms with Crippen molar-refractivity contribution in [2.75, 3.05) is 6.54 Å². The summed E-state index contributed by atoms with van der Waals surface area (Å²) in [6.45, 7) is 3.32. The van der Waals surface area contributed by atoms with E-state index in [-0.39, 0.29) is 5.91 Å². The van der Waals surface area contributed by atoms with E-state index in [9.17, 15) is 4.79 Å². The summed E-state index contributed by atoms with van der Waals surface area (Å²) in [6, 6.07) is 2.02. The van der Waals surface area contributed by atoms with Gasteiger partial charge in [0.25, 0.3) is 0 Å². The highest BCUT2D eigenvalue weighted by molar-refractivity contribution is 9.10. The molecule has 0 saturated carbocycles. The van der Waals surface area contributed by atoms with Gasteiger partial charge in [-0.05, 0) is 40.9 Å². The van der Waals surface area contributed by atoms with Gasteiger partial charge in [-0.3, -0.25) is 4.79 Å². The Morgan fingerprint density at radius 2 is 2.44 bits per heavy atom. The van der Waals surface area contributed by atoms with Crippen LogP contribution in [-0.2, 0) is 11.3 Å². The Morgan fingerprint density at radius 1 is 1.69 bits per heavy atom. The Hall–Kier alpha value is -0.390. The normalized spacial score (nSPS) is 12.4. The van der Waals surface area contributed by atoms with Crippen LogP contribution < -0.4 is 11.1 Å². The van der Waals surface area contributed by atoms with Gasteiger partial charge >= 0.3 is 0 Å². The maximum atomic E-state index is 11.5. The van der Waals surface area contributed by atoms with Gasteiger partial charge in [-0.1, -0.05) is 6.92 Å². The first-order chi connectivity index (χ1) is 7.61. The highest BCUT2D eigenvalue weighted by Crippen LogP contribution is 2.19. The third-order valence-electron chi connectivity index (χ3n) is 2.35. The molecule has 16 heavy (non-hydrogen) atoms. The highest BCUT2D eigenvalue weighted by atomic mass is 79.9. The highest BCUT2D eigenvalue weighted by Gasteiger charge is 2.05. The maximum Gasteiger partial charge on any atom is 0.220 e. The molecule has 1 aromatic rings. The molecule has 0 aliphatic rings. The number of halogens is 1. The Morgan fingerprint density at radius 3 is 3.00 bits per heavy atom. The van der Waals surface area contributed by atoms with Crippen molar-refractivity contribution in [3.05, 3.63) is 20.8 Å². The van der Waals surface area contributed by atoms with Crippen LogP contribution in [0.5, 0.6) is 0 Å². The minimum absolute atomic E-state index is 0.102. The van der Waals surface area contributed by atoms with E-state index in [0.29, 0.717) is 25.4 Å². The molecule has 1 rings (SSSR count). The van der Waals surface area contributed by atoms with Crippen LogP contribution in [0.25, 0.3) is 0 Å². The molecule has 0 fully saturated rings. The SMILES string of the molecule is CC(CN)CCC(=O)NCc1cc(Br)cs1. The number of nitrogens with one attached hydrogen (secondary N) is 1. The summed E-state index contributed by atoms with van der Waals surface area (Å²) in [7, 11) is 0. The number of hydrogen-bond donors (Lipinski definition) is 2. The molecule has 1 atom stereocenters. The zero-order valence-electron chi connectivity index (χ0n) is 9.33. The molecule has 1 amide bonds. The molecule has 3 N–H and O–H groups in total. The van der Waals surface area contributed by atoms with Crippen LogP contribution in [0.15, 0.2) is 15.9 Å². The molecular formula is C11H17BrN2OS. The van der Waals surface area contributed by atoms with Gasteiger partial charge < -0.3 is 11.1 Å². The zero-order valence-corrected chi connectivity index (χ0v) is 11.7. The van der Waals surface area contributed by atoms with Gasteiger partial charge in [0, 0.05) is 21.2 Å². The number of carbonyl (C=O) groups excluding carboxylic acids is 1. The van der Waals surface area contributed by atoms with E-state index in [1.165, 1.54) is 0 Å². The second-order valence-electron chi connectivity index (χ2n) is 3.89. The largest absolute Gasteiger partial charge is 0.351 e. The topological polar surface area (TPSA) is 55.1 Å². The quantitative estimate of drug-likeness (QED) is 0.848. The van der Waals surface area contributed by atoms with E-state index in [2.05, 4.69) is 28.2 Å². The van der Waals surface area contributed by atoms with Gasteiger partial charge in [0.1, 0.15) is 0 Å². The lowest BCUT2D eigenvalue weighted by Gasteiger charge is -2.07. The van der Waals surface area contributed by atoms with E-state index in [0.717, 1.165) is 15.8 Å². The molecule has 0 aliphatic carbocycles. The van der Waals surface area contributed by atoms with E-state index in [1.807, 2.05) is 11.4 Å². The molecule has 1 heterocycles. The van der Waals surface area contributed by atoms with E-state index in [1.54, 1.807) is 11.3 Å². The molecule has 3 nitrogen and oxygen atoms in total. The Labute approximate surface area is 109 Å². The Balaban J connectivity index is 2.20. The third kappa shape index (κ3) is 5.09. The Kier molecular flexibility index (Phi) is 6.01. The first-order valence-electron chi connectivity index (χ1n) is 5.31. The number of amides is 1. The van der Waals surface area contributed by atoms with Crippen molar-refractivity contribution in [3.63, 3.8) is 0 Å². The summed E-state index contributed by atoms with van der Waals surface area (Å²) in [4.78, 5) is 12.6. The summed E-state index contributed by atoms with van der Waals surface area (Å²) in [5, 5.41) is 4.91. The number of hydrogen-bond acceptors (Lipinski definition) is 3. The molecular weight excluding hydrogens is 288 g/mol.